The molecule has 5 nitrogen and oxygen atoms in total. The summed E-state index contributed by atoms with van der Waals surface area (Å²) in [5.41, 5.74) is 5.89. The van der Waals surface area contributed by atoms with Crippen LogP contribution in [0.25, 0.3) is 11.4 Å². The Hall–Kier alpha value is -2.12. The van der Waals surface area contributed by atoms with E-state index in [0.29, 0.717) is 5.69 Å². The SMILES string of the molecule is Cn1c(-c2ccnc(N)n2)cnc1C(F)(F)F. The van der Waals surface area contributed by atoms with Gasteiger partial charge in [-0.25, -0.2) is 15.0 Å². The van der Waals surface area contributed by atoms with Crippen molar-refractivity contribution < 1.29 is 13.2 Å². The summed E-state index contributed by atoms with van der Waals surface area (Å²) in [5.74, 6) is -0.984. The number of nitrogens with two attached hydrogens (primary N) is 1. The zero-order chi connectivity index (χ0) is 12.6. The van der Waals surface area contributed by atoms with Crippen LogP contribution in [-0.2, 0) is 13.2 Å². The minimum Gasteiger partial charge on any atom is -0.368 e. The maximum atomic E-state index is 12.5. The molecule has 0 spiro atoms. The van der Waals surface area contributed by atoms with Crippen LogP contribution in [0.4, 0.5) is 19.1 Å². The van der Waals surface area contributed by atoms with Gasteiger partial charge in [0.1, 0.15) is 0 Å². The average molecular weight is 243 g/mol. The van der Waals surface area contributed by atoms with Crippen LogP contribution in [0.2, 0.25) is 0 Å². The molecular weight excluding hydrogens is 235 g/mol. The van der Waals surface area contributed by atoms with Gasteiger partial charge in [0.05, 0.1) is 17.6 Å². The van der Waals surface area contributed by atoms with Gasteiger partial charge < -0.3 is 10.3 Å². The molecule has 2 rings (SSSR count). The van der Waals surface area contributed by atoms with Gasteiger partial charge in [-0.1, -0.05) is 0 Å². The summed E-state index contributed by atoms with van der Waals surface area (Å²) in [4.78, 5) is 10.8. The highest BCUT2D eigenvalue weighted by molar-refractivity contribution is 5.55. The Morgan fingerprint density at radius 3 is 2.53 bits per heavy atom. The van der Waals surface area contributed by atoms with Crippen LogP contribution in [-0.4, -0.2) is 19.5 Å². The van der Waals surface area contributed by atoms with Crippen molar-refractivity contribution in [3.05, 3.63) is 24.3 Å². The predicted molar refractivity (Wildman–Crippen MR) is 53.6 cm³/mol. The maximum absolute atomic E-state index is 12.5. The number of nitrogens with zero attached hydrogens (tertiary/aromatic N) is 4. The molecule has 0 bridgehead atoms. The van der Waals surface area contributed by atoms with E-state index in [-0.39, 0.29) is 11.6 Å². The number of rotatable bonds is 1. The fourth-order valence-electron chi connectivity index (χ4n) is 1.43. The lowest BCUT2D eigenvalue weighted by molar-refractivity contribution is -0.146. The number of anilines is 1. The summed E-state index contributed by atoms with van der Waals surface area (Å²) in [7, 11) is 1.27. The van der Waals surface area contributed by atoms with E-state index in [4.69, 9.17) is 5.73 Å². The second-order valence-electron chi connectivity index (χ2n) is 3.32. The van der Waals surface area contributed by atoms with Crippen LogP contribution < -0.4 is 5.73 Å². The first-order valence-corrected chi connectivity index (χ1v) is 4.57. The molecule has 0 aliphatic heterocycles. The van der Waals surface area contributed by atoms with Crippen molar-refractivity contribution in [3.8, 4) is 11.4 Å². The van der Waals surface area contributed by atoms with Crippen molar-refractivity contribution in [1.29, 1.82) is 0 Å². The summed E-state index contributed by atoms with van der Waals surface area (Å²) in [5, 5.41) is 0. The van der Waals surface area contributed by atoms with Crippen LogP contribution in [0.15, 0.2) is 18.5 Å². The fraction of sp³-hybridized carbons (Fsp3) is 0.222. The highest BCUT2D eigenvalue weighted by atomic mass is 19.4. The number of halogens is 3. The van der Waals surface area contributed by atoms with Gasteiger partial charge in [-0.3, -0.25) is 0 Å². The number of alkyl halides is 3. The van der Waals surface area contributed by atoms with E-state index in [2.05, 4.69) is 15.0 Å². The van der Waals surface area contributed by atoms with Gasteiger partial charge in [-0.2, -0.15) is 13.2 Å². The lowest BCUT2D eigenvalue weighted by Crippen LogP contribution is -2.13. The highest BCUT2D eigenvalue weighted by Gasteiger charge is 2.36. The van der Waals surface area contributed by atoms with Gasteiger partial charge in [0, 0.05) is 13.2 Å². The number of aromatic nitrogens is 4. The zero-order valence-corrected chi connectivity index (χ0v) is 8.73. The second-order valence-corrected chi connectivity index (χ2v) is 3.32. The van der Waals surface area contributed by atoms with Gasteiger partial charge in [0.25, 0.3) is 0 Å². The monoisotopic (exact) mass is 243 g/mol. The molecule has 2 aromatic rings. The van der Waals surface area contributed by atoms with Crippen molar-refractivity contribution in [2.75, 3.05) is 5.73 Å². The smallest absolute Gasteiger partial charge is 0.368 e. The number of hydrogen-bond acceptors (Lipinski definition) is 4. The summed E-state index contributed by atoms with van der Waals surface area (Å²) >= 11 is 0. The summed E-state index contributed by atoms with van der Waals surface area (Å²) in [6.07, 6.45) is -2.02. The quantitative estimate of drug-likeness (QED) is 0.823. The second kappa shape index (κ2) is 3.72. The van der Waals surface area contributed by atoms with Crippen molar-refractivity contribution in [3.63, 3.8) is 0 Å². The Kier molecular flexibility index (Phi) is 2.49. The number of imidazole rings is 1. The Labute approximate surface area is 94.1 Å². The molecule has 0 amide bonds. The normalized spacial score (nSPS) is 11.8. The van der Waals surface area contributed by atoms with E-state index in [1.165, 1.54) is 19.3 Å². The molecule has 2 aromatic heterocycles. The fourth-order valence-corrected chi connectivity index (χ4v) is 1.43. The Bertz CT molecular complexity index is 546. The highest BCUT2D eigenvalue weighted by Crippen LogP contribution is 2.30. The van der Waals surface area contributed by atoms with Gasteiger partial charge in [-0.05, 0) is 6.07 Å². The van der Waals surface area contributed by atoms with E-state index in [1.807, 2.05) is 0 Å². The molecule has 0 saturated heterocycles. The summed E-state index contributed by atoms with van der Waals surface area (Å²) in [6, 6.07) is 1.47. The summed E-state index contributed by atoms with van der Waals surface area (Å²) < 4.78 is 38.5. The van der Waals surface area contributed by atoms with E-state index >= 15 is 0 Å². The zero-order valence-electron chi connectivity index (χ0n) is 8.73. The minimum atomic E-state index is -4.49. The molecule has 0 unspecified atom stereocenters. The molecule has 8 heteroatoms. The third-order valence-corrected chi connectivity index (χ3v) is 2.18. The van der Waals surface area contributed by atoms with Crippen LogP contribution >= 0.6 is 0 Å². The third-order valence-electron chi connectivity index (χ3n) is 2.18. The predicted octanol–water partition coefficient (Wildman–Crippen LogP) is 1.48. The summed E-state index contributed by atoms with van der Waals surface area (Å²) in [6.45, 7) is 0. The standard InChI is InChI=1S/C9H8F3N5/c1-17-6(4-15-7(17)9(10,11)12)5-2-3-14-8(13)16-5/h2-4H,1H3,(H2,13,14,16). The van der Waals surface area contributed by atoms with E-state index in [9.17, 15) is 13.2 Å². The molecule has 0 saturated carbocycles. The van der Waals surface area contributed by atoms with Gasteiger partial charge in [0.15, 0.2) is 0 Å². The van der Waals surface area contributed by atoms with Crippen LogP contribution in [0, 0.1) is 0 Å². The lowest BCUT2D eigenvalue weighted by atomic mass is 10.3. The van der Waals surface area contributed by atoms with Crippen molar-refractivity contribution >= 4 is 5.95 Å². The molecule has 90 valence electrons. The molecule has 0 fully saturated rings. The van der Waals surface area contributed by atoms with Gasteiger partial charge in [-0.15, -0.1) is 0 Å². The van der Waals surface area contributed by atoms with Crippen molar-refractivity contribution in [2.45, 2.75) is 6.18 Å². The topological polar surface area (TPSA) is 69.6 Å². The molecule has 0 radical (unpaired) electrons. The number of hydrogen-bond donors (Lipinski definition) is 1. The van der Waals surface area contributed by atoms with Crippen molar-refractivity contribution in [2.24, 2.45) is 7.05 Å². The van der Waals surface area contributed by atoms with E-state index < -0.39 is 12.0 Å². The molecule has 0 aliphatic carbocycles. The Morgan fingerprint density at radius 1 is 1.29 bits per heavy atom. The van der Waals surface area contributed by atoms with E-state index in [1.54, 1.807) is 0 Å². The van der Waals surface area contributed by atoms with Gasteiger partial charge >= 0.3 is 6.18 Å². The lowest BCUT2D eigenvalue weighted by Gasteiger charge is -2.08. The molecule has 2 heterocycles. The third kappa shape index (κ3) is 2.05. The van der Waals surface area contributed by atoms with Crippen LogP contribution in [0.3, 0.4) is 0 Å². The van der Waals surface area contributed by atoms with Gasteiger partial charge in [0.2, 0.25) is 11.8 Å². The Balaban J connectivity index is 2.52. The largest absolute Gasteiger partial charge is 0.449 e. The Morgan fingerprint density at radius 2 is 2.00 bits per heavy atom. The number of nitrogen functional groups attached to an aromatic ring is 1. The first kappa shape index (κ1) is 11.4. The first-order valence-electron chi connectivity index (χ1n) is 4.57. The molecule has 0 aromatic carbocycles. The molecule has 17 heavy (non-hydrogen) atoms. The van der Waals surface area contributed by atoms with Crippen LogP contribution in [0.1, 0.15) is 5.82 Å². The molecule has 0 aliphatic rings. The van der Waals surface area contributed by atoms with Crippen LogP contribution in [0.5, 0.6) is 0 Å². The first-order chi connectivity index (χ1) is 7.89. The average Bonchev–Trinajstić information content (AvgIpc) is 2.59. The molecular formula is C9H8F3N5. The van der Waals surface area contributed by atoms with Crippen molar-refractivity contribution in [1.82, 2.24) is 19.5 Å². The molecule has 2 N–H and O–H groups in total. The minimum absolute atomic E-state index is 0.00254. The van der Waals surface area contributed by atoms with E-state index in [0.717, 1.165) is 10.8 Å². The maximum Gasteiger partial charge on any atom is 0.449 e. The molecule has 0 atom stereocenters.